The molecule has 0 aromatic heterocycles. The van der Waals surface area contributed by atoms with Crippen molar-refractivity contribution in [2.45, 2.75) is 216 Å². The Kier molecular flexibility index (Phi) is 74.1. The molecule has 0 aliphatic carbocycles. The van der Waals surface area contributed by atoms with Gasteiger partial charge in [0.25, 0.3) is 0 Å². The summed E-state index contributed by atoms with van der Waals surface area (Å²) in [6, 6.07) is 99.2. The van der Waals surface area contributed by atoms with Crippen molar-refractivity contribution in [3.63, 3.8) is 0 Å². The quantitative estimate of drug-likeness (QED) is 0.0359. The molecule has 0 bridgehead atoms. The molecule has 7 nitrogen and oxygen atoms in total. The fourth-order valence-corrected chi connectivity index (χ4v) is 25.0. The number of hydrogen-bond acceptors (Lipinski definition) is 7. The molecular formula is C119H158Cl9F2N2O5P2Ru3+. The third kappa shape index (κ3) is 50.0. The SMILES string of the molecule is C.C.C.C.C.C.C.C.C.C.C=Cc1cc(Cl)ccc1OC(C)C.C=Cc1cc(F)ccc1OC(C)C.CC(C)Oc1ccc(Cl)cc1[CH]=[Ru]([Cl])[Cl].CC(C)Oc1ccc(Cl)cc1[CH]=[Ru]([Cl])[Cl].CC(C)Oc1ccc(F)cc1[CH]=[Ru]([Cl])[Cl].Cc1cc(C)c(N2[CH-]N(c3c(C)cc(C)cc3C)CC2)c(C)c1.c1ccc([PH+](c2ccccc2)c2ccccc2)cc1.c1ccc([PH+](c2ccccc2)c2ccccc2)cc1. The van der Waals surface area contributed by atoms with Crippen molar-refractivity contribution in [1.82, 2.24) is 0 Å². The summed E-state index contributed by atoms with van der Waals surface area (Å²) in [6.45, 7) is 44.4. The first-order valence-corrected chi connectivity index (χ1v) is 63.2. The predicted molar refractivity (Wildman–Crippen MR) is 637 cm³/mol. The second-order valence-corrected chi connectivity index (χ2v) is 55.0. The predicted octanol–water partition coefficient (Wildman–Crippen LogP) is 36.8. The second kappa shape index (κ2) is 74.6. The van der Waals surface area contributed by atoms with Gasteiger partial charge in [-0.2, -0.15) is 6.67 Å². The van der Waals surface area contributed by atoms with E-state index in [1.54, 1.807) is 41.0 Å². The Hall–Kier alpha value is -7.25. The number of benzene rings is 13. The van der Waals surface area contributed by atoms with Crippen LogP contribution in [0.5, 0.6) is 28.7 Å². The number of ether oxygens (including phenoxy) is 5. The van der Waals surface area contributed by atoms with Gasteiger partial charge in [-0.3, -0.25) is 0 Å². The maximum absolute atomic E-state index is 13.0. The molecule has 1 fully saturated rings. The van der Waals surface area contributed by atoms with E-state index in [1.165, 1.54) is 101 Å². The monoisotopic (exact) mass is 2420 g/mol. The summed E-state index contributed by atoms with van der Waals surface area (Å²) in [4.78, 5) is 4.81. The molecule has 1 heterocycles. The van der Waals surface area contributed by atoms with Crippen LogP contribution in [0.4, 0.5) is 20.2 Å². The molecule has 0 N–H and O–H groups in total. The van der Waals surface area contributed by atoms with E-state index in [1.807, 2.05) is 121 Å². The summed E-state index contributed by atoms with van der Waals surface area (Å²) in [6.07, 6.45) is 3.84. The summed E-state index contributed by atoms with van der Waals surface area (Å²) >= 11 is 12.0. The van der Waals surface area contributed by atoms with E-state index in [4.69, 9.17) is 117 Å². The molecule has 0 saturated carbocycles. The van der Waals surface area contributed by atoms with Crippen LogP contribution in [0.2, 0.25) is 15.1 Å². The number of anilines is 2. The molecular weight excluding hydrogens is 2260 g/mol. The Morgan fingerprint density at radius 1 is 0.289 bits per heavy atom. The Balaban J connectivity index is -0.000000764. The molecule has 14 rings (SSSR count). The molecule has 0 spiro atoms. The second-order valence-electron chi connectivity index (χ2n) is 31.5. The maximum Gasteiger partial charge on any atom is 0.102 e. The van der Waals surface area contributed by atoms with Gasteiger partial charge in [0.05, 0.1) is 28.1 Å². The molecule has 0 atom stereocenters. The number of hydrogen-bond donors (Lipinski definition) is 0. The van der Waals surface area contributed by atoms with Crippen molar-refractivity contribution in [1.29, 1.82) is 0 Å². The van der Waals surface area contributed by atoms with Crippen LogP contribution in [0.1, 0.15) is 205 Å². The molecule has 0 radical (unpaired) electrons. The normalized spacial score (nSPS) is 10.7. The minimum atomic E-state index is -1.96. The Labute approximate surface area is 914 Å². The Morgan fingerprint density at radius 2 is 0.479 bits per heavy atom. The van der Waals surface area contributed by atoms with E-state index >= 15 is 0 Å². The topological polar surface area (TPSA) is 52.6 Å². The summed E-state index contributed by atoms with van der Waals surface area (Å²) in [5.41, 5.74) is 14.8. The van der Waals surface area contributed by atoms with E-state index in [-0.39, 0.29) is 116 Å². The molecule has 13 aromatic rings. The van der Waals surface area contributed by atoms with Crippen molar-refractivity contribution in [2.75, 3.05) is 22.9 Å². The molecule has 0 amide bonds. The van der Waals surface area contributed by atoms with Crippen LogP contribution < -0.4 is 65.3 Å². The van der Waals surface area contributed by atoms with Crippen LogP contribution >= 0.6 is 109 Å². The first-order chi connectivity index (χ1) is 63.0. The van der Waals surface area contributed by atoms with E-state index in [9.17, 15) is 8.78 Å². The summed E-state index contributed by atoms with van der Waals surface area (Å²) in [7, 11) is 33.1. The van der Waals surface area contributed by atoms with Crippen LogP contribution in [-0.4, -0.2) is 57.4 Å². The van der Waals surface area contributed by atoms with E-state index < -0.39 is 56.4 Å². The average molecular weight is 2420 g/mol. The minimum absolute atomic E-state index is 0. The average Bonchev–Trinajstić information content (AvgIpc) is 1.64. The largest absolute Gasteiger partial charge is 0.502 e. The van der Waals surface area contributed by atoms with E-state index in [0.717, 1.165) is 47.0 Å². The standard InChI is InChI=1S/C21H27N2.2C18H15P.C11H13ClO.C11H13FO.2C10H11ClO.C10H11FO.10CH4.6ClH.3Ru/c1-14-9-16(3)20(17(4)10-14)22-7-8-23(13-22)21-18(5)11-15(2)12-19(21)6;2*1-4-10-16(11-5-1)19(17-12-6-2-7-13-17)18-14-8-3-9-15-18;2*1-4-9-7-10(12)5-6-11(9)13-8(2)3;3*1-7(2)12-10-5-4-9(11)6-8(10)3;;;;;;;;;;;;;;;;;;;/h9-13H,7-8H2,1-6H3;2*1-15H;2*4-8H,1H2,2-3H3;3*3-7H,1-2H3;10*1H4;6*1H;;;/q-1;;;;;;;;;;;;;;;;;;;;;;;;3*+2/p-4. The van der Waals surface area contributed by atoms with Crippen molar-refractivity contribution >= 4 is 178 Å². The van der Waals surface area contributed by atoms with Gasteiger partial charge in [0.15, 0.2) is 0 Å². The van der Waals surface area contributed by atoms with Crippen LogP contribution in [0, 0.1) is 59.8 Å². The van der Waals surface area contributed by atoms with Gasteiger partial charge in [0.1, 0.15) is 49.1 Å². The van der Waals surface area contributed by atoms with Gasteiger partial charge < -0.3 is 19.3 Å². The van der Waals surface area contributed by atoms with Crippen molar-refractivity contribution in [3.05, 3.63) is 405 Å². The fraction of sp³-hybridized carbons (Fsp3) is 0.277. The van der Waals surface area contributed by atoms with Crippen molar-refractivity contribution in [3.8, 4) is 28.7 Å². The molecule has 0 unspecified atom stereocenters. The molecule has 142 heavy (non-hydrogen) atoms. The third-order valence-electron chi connectivity index (χ3n) is 18.8. The van der Waals surface area contributed by atoms with Gasteiger partial charge in [0, 0.05) is 40.6 Å². The molecule has 13 aromatic carbocycles. The third-order valence-corrected chi connectivity index (χ3v) is 30.4. The van der Waals surface area contributed by atoms with Crippen LogP contribution in [0.3, 0.4) is 0 Å². The van der Waals surface area contributed by atoms with Gasteiger partial charge >= 0.3 is 319 Å². The summed E-state index contributed by atoms with van der Waals surface area (Å²) < 4.78 is 58.9. The number of rotatable bonds is 23. The first kappa shape index (κ1) is 141. The first-order valence-electron chi connectivity index (χ1n) is 42.7. The van der Waals surface area contributed by atoms with Gasteiger partial charge in [-0.15, -0.1) is 0 Å². The number of nitrogens with zero attached hydrogens (tertiary/aromatic N) is 2. The van der Waals surface area contributed by atoms with E-state index in [0.29, 0.717) is 37.7 Å². The summed E-state index contributed by atoms with van der Waals surface area (Å²) in [5.74, 6) is 3.07. The minimum Gasteiger partial charge on any atom is -0.502 e. The van der Waals surface area contributed by atoms with Crippen molar-refractivity contribution < 1.29 is 73.0 Å². The summed E-state index contributed by atoms with van der Waals surface area (Å²) in [5, 5.41) is 10.6. The van der Waals surface area contributed by atoms with Crippen LogP contribution in [-0.2, 0) is 40.6 Å². The van der Waals surface area contributed by atoms with Gasteiger partial charge in [-0.25, -0.2) is 4.39 Å². The Bertz CT molecular complexity index is 5190. The van der Waals surface area contributed by atoms with Gasteiger partial charge in [-0.05, 0) is 201 Å². The molecule has 1 aliphatic heterocycles. The fourth-order valence-electron chi connectivity index (χ4n) is 13.9. The zero-order valence-corrected chi connectivity index (χ0v) is 91.1. The smallest absolute Gasteiger partial charge is 0.102 e. The zero-order valence-electron chi connectivity index (χ0n) is 77.1. The van der Waals surface area contributed by atoms with Crippen molar-refractivity contribution in [2.24, 2.45) is 0 Å². The maximum atomic E-state index is 13.0. The Morgan fingerprint density at radius 3 is 0.690 bits per heavy atom. The van der Waals surface area contributed by atoms with Crippen LogP contribution in [0.25, 0.3) is 12.2 Å². The molecule has 784 valence electrons. The number of aryl methyl sites for hydroxylation is 6. The molecule has 23 heteroatoms. The van der Waals surface area contributed by atoms with E-state index in [2.05, 4.69) is 277 Å². The van der Waals surface area contributed by atoms with Gasteiger partial charge in [0.2, 0.25) is 0 Å². The van der Waals surface area contributed by atoms with Gasteiger partial charge in [-0.1, -0.05) is 256 Å². The number of halogens is 11. The van der Waals surface area contributed by atoms with Crippen LogP contribution in [0.15, 0.2) is 310 Å². The molecule has 1 saturated heterocycles. The zero-order chi connectivity index (χ0) is 96.5. The molecule has 1 aliphatic rings.